The van der Waals surface area contributed by atoms with Gasteiger partial charge in [0, 0.05) is 14.0 Å². The van der Waals surface area contributed by atoms with Gasteiger partial charge >= 0.3 is 5.97 Å². The smallest absolute Gasteiger partial charge is 0.359 e. The third-order valence-corrected chi connectivity index (χ3v) is 2.35. The highest BCUT2D eigenvalue weighted by atomic mass is 35.5. The highest BCUT2D eigenvalue weighted by molar-refractivity contribution is 6.29. The van der Waals surface area contributed by atoms with Gasteiger partial charge in [-0.1, -0.05) is 11.6 Å². The second-order valence-corrected chi connectivity index (χ2v) is 3.69. The lowest BCUT2D eigenvalue weighted by atomic mass is 10.2. The third kappa shape index (κ3) is 3.17. The first-order valence-corrected chi connectivity index (χ1v) is 5.43. The Hall–Kier alpha value is -1.62. The molecule has 0 aromatic carbocycles. The van der Waals surface area contributed by atoms with Gasteiger partial charge in [-0.25, -0.2) is 9.78 Å². The van der Waals surface area contributed by atoms with Gasteiger partial charge in [0.25, 0.3) is 0 Å². The molecule has 1 aromatic rings. The first kappa shape index (κ1) is 13.4. The molecule has 17 heavy (non-hydrogen) atoms. The van der Waals surface area contributed by atoms with E-state index in [1.165, 1.54) is 17.9 Å². The second-order valence-electron chi connectivity index (χ2n) is 3.30. The Bertz CT molecular complexity index is 448. The maximum absolute atomic E-state index is 11.7. The molecule has 0 spiro atoms. The number of aromatic nitrogens is 1. The summed E-state index contributed by atoms with van der Waals surface area (Å²) in [7, 11) is 1.55. The Morgan fingerprint density at radius 3 is 2.65 bits per heavy atom. The Balaban J connectivity index is 3.21. The first-order valence-electron chi connectivity index (χ1n) is 5.05. The molecule has 5 nitrogen and oxygen atoms in total. The fraction of sp³-hybridized carbons (Fsp3) is 0.364. The first-order chi connectivity index (χ1) is 7.97. The summed E-state index contributed by atoms with van der Waals surface area (Å²) in [6, 6.07) is 3.07. The molecular formula is C11H13ClN2O3. The normalized spacial score (nSPS) is 9.88. The summed E-state index contributed by atoms with van der Waals surface area (Å²) >= 11 is 5.72. The number of nitrogens with zero attached hydrogens (tertiary/aromatic N) is 2. The van der Waals surface area contributed by atoms with Gasteiger partial charge in [0.05, 0.1) is 12.3 Å². The number of carbonyl (C=O) groups is 2. The van der Waals surface area contributed by atoms with Crippen LogP contribution < -0.4 is 4.90 Å². The predicted octanol–water partition coefficient (Wildman–Crippen LogP) is 1.89. The lowest BCUT2D eigenvalue weighted by Crippen LogP contribution is -2.26. The van der Waals surface area contributed by atoms with E-state index in [0.29, 0.717) is 5.69 Å². The summed E-state index contributed by atoms with van der Waals surface area (Å²) in [6.07, 6.45) is 0. The number of pyridine rings is 1. The van der Waals surface area contributed by atoms with Gasteiger partial charge < -0.3 is 9.64 Å². The average molecular weight is 257 g/mol. The molecule has 1 heterocycles. The zero-order chi connectivity index (χ0) is 13.0. The number of rotatable bonds is 3. The zero-order valence-electron chi connectivity index (χ0n) is 9.86. The van der Waals surface area contributed by atoms with Crippen LogP contribution in [0.5, 0.6) is 0 Å². The number of halogens is 1. The number of amides is 1. The average Bonchev–Trinajstić information content (AvgIpc) is 2.28. The summed E-state index contributed by atoms with van der Waals surface area (Å²) in [5.41, 5.74) is 0.414. The SMILES string of the molecule is CCOC(=O)c1nc(Cl)ccc1N(C)C(C)=O. The maximum Gasteiger partial charge on any atom is 0.359 e. The minimum Gasteiger partial charge on any atom is -0.461 e. The van der Waals surface area contributed by atoms with Crippen LogP contribution in [-0.2, 0) is 9.53 Å². The van der Waals surface area contributed by atoms with Gasteiger partial charge in [0.1, 0.15) is 5.15 Å². The van der Waals surface area contributed by atoms with Crippen LogP contribution in [0.2, 0.25) is 5.15 Å². The fourth-order valence-corrected chi connectivity index (χ4v) is 1.37. The quantitative estimate of drug-likeness (QED) is 0.612. The van der Waals surface area contributed by atoms with Crippen molar-refractivity contribution in [3.63, 3.8) is 0 Å². The standard InChI is InChI=1S/C11H13ClN2O3/c1-4-17-11(16)10-8(14(3)7(2)15)5-6-9(12)13-10/h5-6H,4H2,1-3H3. The van der Waals surface area contributed by atoms with E-state index in [4.69, 9.17) is 16.3 Å². The van der Waals surface area contributed by atoms with Crippen molar-refractivity contribution in [3.05, 3.63) is 23.0 Å². The van der Waals surface area contributed by atoms with Crippen LogP contribution in [0.15, 0.2) is 12.1 Å². The summed E-state index contributed by atoms with van der Waals surface area (Å²) in [6.45, 7) is 3.32. The van der Waals surface area contributed by atoms with Gasteiger partial charge in [-0.3, -0.25) is 4.79 Å². The molecule has 0 aliphatic rings. The number of carbonyl (C=O) groups excluding carboxylic acids is 2. The molecular weight excluding hydrogens is 244 g/mol. The van der Waals surface area contributed by atoms with Crippen LogP contribution in [0.1, 0.15) is 24.3 Å². The minimum atomic E-state index is -0.599. The van der Waals surface area contributed by atoms with Crippen LogP contribution in [-0.4, -0.2) is 30.5 Å². The summed E-state index contributed by atoms with van der Waals surface area (Å²) in [5.74, 6) is -0.808. The molecule has 0 saturated heterocycles. The van der Waals surface area contributed by atoms with E-state index >= 15 is 0 Å². The zero-order valence-corrected chi connectivity index (χ0v) is 10.6. The molecule has 92 valence electrons. The van der Waals surface area contributed by atoms with Gasteiger partial charge in [-0.15, -0.1) is 0 Å². The van der Waals surface area contributed by atoms with Gasteiger partial charge in [-0.2, -0.15) is 0 Å². The monoisotopic (exact) mass is 256 g/mol. The molecule has 0 bridgehead atoms. The molecule has 0 aliphatic heterocycles. The molecule has 0 aliphatic carbocycles. The Morgan fingerprint density at radius 1 is 1.47 bits per heavy atom. The maximum atomic E-state index is 11.7. The highest BCUT2D eigenvalue weighted by Gasteiger charge is 2.19. The summed E-state index contributed by atoms with van der Waals surface area (Å²) in [4.78, 5) is 28.1. The van der Waals surface area contributed by atoms with Crippen molar-refractivity contribution in [1.82, 2.24) is 4.98 Å². The van der Waals surface area contributed by atoms with E-state index in [2.05, 4.69) is 4.98 Å². The highest BCUT2D eigenvalue weighted by Crippen LogP contribution is 2.21. The van der Waals surface area contributed by atoms with Crippen LogP contribution in [0, 0.1) is 0 Å². The van der Waals surface area contributed by atoms with Gasteiger partial charge in [0.15, 0.2) is 5.69 Å². The molecule has 0 radical (unpaired) electrons. The second kappa shape index (κ2) is 5.63. The molecule has 0 N–H and O–H groups in total. The lowest BCUT2D eigenvalue weighted by molar-refractivity contribution is -0.116. The number of ether oxygens (including phenoxy) is 1. The summed E-state index contributed by atoms with van der Waals surface area (Å²) < 4.78 is 4.86. The van der Waals surface area contributed by atoms with Crippen molar-refractivity contribution in [2.75, 3.05) is 18.6 Å². The van der Waals surface area contributed by atoms with E-state index in [1.807, 2.05) is 0 Å². The van der Waals surface area contributed by atoms with Gasteiger partial charge in [-0.05, 0) is 19.1 Å². The Morgan fingerprint density at radius 2 is 2.12 bits per heavy atom. The van der Waals surface area contributed by atoms with E-state index in [0.717, 1.165) is 0 Å². The topological polar surface area (TPSA) is 59.5 Å². The van der Waals surface area contributed by atoms with Crippen molar-refractivity contribution < 1.29 is 14.3 Å². The molecule has 0 fully saturated rings. The van der Waals surface area contributed by atoms with Crippen molar-refractivity contribution in [2.45, 2.75) is 13.8 Å². The molecule has 0 unspecified atom stereocenters. The molecule has 1 rings (SSSR count). The van der Waals surface area contributed by atoms with E-state index < -0.39 is 5.97 Å². The number of anilines is 1. The molecule has 1 amide bonds. The van der Waals surface area contributed by atoms with E-state index in [-0.39, 0.29) is 23.4 Å². The predicted molar refractivity (Wildman–Crippen MR) is 64.3 cm³/mol. The molecule has 6 heteroatoms. The third-order valence-electron chi connectivity index (χ3n) is 2.14. The number of hydrogen-bond acceptors (Lipinski definition) is 4. The van der Waals surface area contributed by atoms with Crippen molar-refractivity contribution in [3.8, 4) is 0 Å². The lowest BCUT2D eigenvalue weighted by Gasteiger charge is -2.17. The van der Waals surface area contributed by atoms with Crippen molar-refractivity contribution in [1.29, 1.82) is 0 Å². The van der Waals surface area contributed by atoms with Crippen LogP contribution in [0.25, 0.3) is 0 Å². The van der Waals surface area contributed by atoms with Gasteiger partial charge in [0.2, 0.25) is 5.91 Å². The minimum absolute atomic E-state index is 0.0389. The van der Waals surface area contributed by atoms with E-state index in [1.54, 1.807) is 20.0 Å². The number of hydrogen-bond donors (Lipinski definition) is 0. The molecule has 0 saturated carbocycles. The number of esters is 1. The summed E-state index contributed by atoms with van der Waals surface area (Å²) in [5, 5.41) is 0.175. The van der Waals surface area contributed by atoms with Crippen LogP contribution in [0.3, 0.4) is 0 Å². The largest absolute Gasteiger partial charge is 0.461 e. The van der Waals surface area contributed by atoms with Crippen molar-refractivity contribution in [2.24, 2.45) is 0 Å². The van der Waals surface area contributed by atoms with Crippen LogP contribution >= 0.6 is 11.6 Å². The van der Waals surface area contributed by atoms with E-state index in [9.17, 15) is 9.59 Å². The van der Waals surface area contributed by atoms with Crippen molar-refractivity contribution >= 4 is 29.2 Å². The van der Waals surface area contributed by atoms with Crippen LogP contribution in [0.4, 0.5) is 5.69 Å². The molecule has 0 atom stereocenters. The Labute approximate surface area is 104 Å². The Kier molecular flexibility index (Phi) is 4.45. The molecule has 1 aromatic heterocycles. The fourth-order valence-electron chi connectivity index (χ4n) is 1.22.